The molecule has 0 radical (unpaired) electrons. The Morgan fingerprint density at radius 2 is 2.37 bits per heavy atom. The smallest absolute Gasteiger partial charge is 0.122 e. The van der Waals surface area contributed by atoms with E-state index < -0.39 is 0 Å². The van der Waals surface area contributed by atoms with Crippen LogP contribution in [-0.2, 0) is 12.8 Å². The Kier molecular flexibility index (Phi) is 4.01. The molecule has 0 saturated carbocycles. The number of hydrogen-bond donors (Lipinski definition) is 2. The fraction of sp³-hybridized carbons (Fsp3) is 0.600. The number of aliphatic hydroxyl groups excluding tert-OH is 1. The van der Waals surface area contributed by atoms with E-state index in [2.05, 4.69) is 28.4 Å². The summed E-state index contributed by atoms with van der Waals surface area (Å²) >= 11 is 0. The van der Waals surface area contributed by atoms with Crippen molar-refractivity contribution in [2.45, 2.75) is 18.9 Å². The molecule has 0 spiro atoms. The second-order valence-corrected chi connectivity index (χ2v) is 5.37. The van der Waals surface area contributed by atoms with Gasteiger partial charge in [0.1, 0.15) is 5.75 Å². The first-order chi connectivity index (χ1) is 9.36. The first-order valence-electron chi connectivity index (χ1n) is 7.17. The van der Waals surface area contributed by atoms with Crippen molar-refractivity contribution in [1.29, 1.82) is 0 Å². The number of rotatable bonds is 4. The van der Waals surface area contributed by atoms with E-state index >= 15 is 0 Å². The van der Waals surface area contributed by atoms with E-state index in [0.717, 1.165) is 51.4 Å². The molecule has 1 atom stereocenters. The van der Waals surface area contributed by atoms with Gasteiger partial charge in [-0.05, 0) is 23.6 Å². The maximum absolute atomic E-state index is 9.39. The molecule has 3 rings (SSSR count). The molecule has 4 heteroatoms. The van der Waals surface area contributed by atoms with Gasteiger partial charge < -0.3 is 15.2 Å². The Balaban J connectivity index is 1.59. The summed E-state index contributed by atoms with van der Waals surface area (Å²) in [5.74, 6) is 1.05. The zero-order valence-electron chi connectivity index (χ0n) is 11.3. The van der Waals surface area contributed by atoms with E-state index in [1.165, 1.54) is 11.1 Å². The molecule has 2 N–H and O–H groups in total. The Bertz CT molecular complexity index is 436. The van der Waals surface area contributed by atoms with Crippen LogP contribution >= 0.6 is 0 Å². The van der Waals surface area contributed by atoms with Crippen LogP contribution < -0.4 is 10.1 Å². The second kappa shape index (κ2) is 5.90. The summed E-state index contributed by atoms with van der Waals surface area (Å²) in [4.78, 5) is 2.39. The number of ether oxygens (including phenoxy) is 1. The van der Waals surface area contributed by atoms with Gasteiger partial charge in [0.2, 0.25) is 0 Å². The van der Waals surface area contributed by atoms with Gasteiger partial charge in [-0.15, -0.1) is 0 Å². The maximum atomic E-state index is 9.39. The summed E-state index contributed by atoms with van der Waals surface area (Å²) in [6.45, 7) is 5.03. The lowest BCUT2D eigenvalue weighted by molar-refractivity contribution is 0.102. The van der Waals surface area contributed by atoms with Crippen molar-refractivity contribution in [3.63, 3.8) is 0 Å². The Morgan fingerprint density at radius 1 is 1.42 bits per heavy atom. The van der Waals surface area contributed by atoms with Crippen LogP contribution in [0.4, 0.5) is 0 Å². The second-order valence-electron chi connectivity index (χ2n) is 5.37. The molecule has 2 aliphatic heterocycles. The monoisotopic (exact) mass is 262 g/mol. The van der Waals surface area contributed by atoms with E-state index in [-0.39, 0.29) is 12.6 Å². The minimum atomic E-state index is 0.241. The van der Waals surface area contributed by atoms with Crippen LogP contribution in [0.15, 0.2) is 18.2 Å². The zero-order valence-corrected chi connectivity index (χ0v) is 11.3. The normalized spacial score (nSPS) is 23.1. The summed E-state index contributed by atoms with van der Waals surface area (Å²) in [6, 6.07) is 6.81. The molecule has 1 fully saturated rings. The highest BCUT2D eigenvalue weighted by Crippen LogP contribution is 2.26. The van der Waals surface area contributed by atoms with Gasteiger partial charge in [0.15, 0.2) is 0 Å². The highest BCUT2D eigenvalue weighted by molar-refractivity contribution is 5.39. The van der Waals surface area contributed by atoms with Gasteiger partial charge in [0.05, 0.1) is 13.2 Å². The number of hydrogen-bond acceptors (Lipinski definition) is 4. The third-order valence-corrected chi connectivity index (χ3v) is 4.12. The Hall–Kier alpha value is -1.10. The summed E-state index contributed by atoms with van der Waals surface area (Å²) in [5.41, 5.74) is 2.72. The van der Waals surface area contributed by atoms with Crippen LogP contribution in [0.25, 0.3) is 0 Å². The molecule has 1 aromatic rings. The first kappa shape index (κ1) is 12.9. The highest BCUT2D eigenvalue weighted by atomic mass is 16.5. The van der Waals surface area contributed by atoms with Crippen LogP contribution in [-0.4, -0.2) is 55.4 Å². The van der Waals surface area contributed by atoms with Crippen molar-refractivity contribution in [1.82, 2.24) is 10.2 Å². The molecule has 2 heterocycles. The molecule has 0 aromatic heterocycles. The van der Waals surface area contributed by atoms with Gasteiger partial charge >= 0.3 is 0 Å². The van der Waals surface area contributed by atoms with Crippen LogP contribution in [0.3, 0.4) is 0 Å². The first-order valence-corrected chi connectivity index (χ1v) is 7.17. The van der Waals surface area contributed by atoms with E-state index in [0.29, 0.717) is 0 Å². The van der Waals surface area contributed by atoms with Gasteiger partial charge in [0, 0.05) is 38.6 Å². The molecular weight excluding hydrogens is 240 g/mol. The Labute approximate surface area is 114 Å². The summed E-state index contributed by atoms with van der Waals surface area (Å²) in [6.07, 6.45) is 2.08. The molecule has 19 heavy (non-hydrogen) atoms. The van der Waals surface area contributed by atoms with Crippen molar-refractivity contribution in [3.05, 3.63) is 29.3 Å². The van der Waals surface area contributed by atoms with Gasteiger partial charge in [-0.1, -0.05) is 12.1 Å². The van der Waals surface area contributed by atoms with Gasteiger partial charge in [-0.25, -0.2) is 0 Å². The molecule has 104 valence electrons. The third-order valence-electron chi connectivity index (χ3n) is 4.12. The molecule has 0 unspecified atom stereocenters. The average molecular weight is 262 g/mol. The van der Waals surface area contributed by atoms with Crippen molar-refractivity contribution in [2.24, 2.45) is 0 Å². The van der Waals surface area contributed by atoms with Gasteiger partial charge in [0.25, 0.3) is 0 Å². The summed E-state index contributed by atoms with van der Waals surface area (Å²) < 4.78 is 5.53. The van der Waals surface area contributed by atoms with E-state index in [9.17, 15) is 5.11 Å². The van der Waals surface area contributed by atoms with Gasteiger partial charge in [-0.3, -0.25) is 4.90 Å². The fourth-order valence-electron chi connectivity index (χ4n) is 2.95. The predicted octanol–water partition coefficient (Wildman–Crippen LogP) is 0.430. The lowest BCUT2D eigenvalue weighted by atomic mass is 10.1. The van der Waals surface area contributed by atoms with E-state index in [1.807, 2.05) is 0 Å². The summed E-state index contributed by atoms with van der Waals surface area (Å²) in [5, 5.41) is 12.7. The lowest BCUT2D eigenvalue weighted by Crippen LogP contribution is -2.53. The van der Waals surface area contributed by atoms with Crippen molar-refractivity contribution in [3.8, 4) is 5.75 Å². The quantitative estimate of drug-likeness (QED) is 0.826. The minimum Gasteiger partial charge on any atom is -0.493 e. The molecule has 4 nitrogen and oxygen atoms in total. The number of piperazine rings is 1. The molecule has 0 amide bonds. The summed E-state index contributed by atoms with van der Waals surface area (Å²) in [7, 11) is 0. The zero-order chi connectivity index (χ0) is 13.1. The molecule has 1 aromatic carbocycles. The highest BCUT2D eigenvalue weighted by Gasteiger charge is 2.21. The van der Waals surface area contributed by atoms with Crippen molar-refractivity contribution < 1.29 is 9.84 Å². The van der Waals surface area contributed by atoms with Crippen LogP contribution in [0.5, 0.6) is 5.75 Å². The van der Waals surface area contributed by atoms with E-state index in [4.69, 9.17) is 4.74 Å². The Morgan fingerprint density at radius 3 is 3.26 bits per heavy atom. The van der Waals surface area contributed by atoms with Crippen molar-refractivity contribution in [2.75, 3.05) is 39.4 Å². The molecule has 0 bridgehead atoms. The lowest BCUT2D eigenvalue weighted by Gasteiger charge is -2.35. The average Bonchev–Trinajstić information content (AvgIpc) is 2.93. The number of nitrogens with zero attached hydrogens (tertiary/aromatic N) is 1. The fourth-order valence-corrected chi connectivity index (χ4v) is 2.95. The van der Waals surface area contributed by atoms with E-state index in [1.54, 1.807) is 0 Å². The van der Waals surface area contributed by atoms with Crippen LogP contribution in [0, 0.1) is 0 Å². The number of nitrogens with one attached hydrogen (secondary N) is 1. The predicted molar refractivity (Wildman–Crippen MR) is 74.7 cm³/mol. The largest absolute Gasteiger partial charge is 0.493 e. The van der Waals surface area contributed by atoms with Crippen molar-refractivity contribution >= 4 is 0 Å². The molecular formula is C15H22N2O2. The van der Waals surface area contributed by atoms with Crippen LogP contribution in [0.1, 0.15) is 11.1 Å². The number of fused-ring (bicyclic) bond motifs is 1. The molecule has 1 saturated heterocycles. The maximum Gasteiger partial charge on any atom is 0.122 e. The third kappa shape index (κ3) is 2.91. The SMILES string of the molecule is OC[C@H]1CNCCN1CCc1ccc2c(c1)CCO2. The van der Waals surface area contributed by atoms with Gasteiger partial charge in [-0.2, -0.15) is 0 Å². The number of aliphatic hydroxyl groups is 1. The molecule has 0 aliphatic carbocycles. The topological polar surface area (TPSA) is 44.7 Å². The standard InChI is InChI=1S/C15H22N2O2/c18-11-14-10-16-5-7-17(14)6-3-12-1-2-15-13(9-12)4-8-19-15/h1-2,9,14,16,18H,3-8,10-11H2/t14-/m1/s1. The van der Waals surface area contributed by atoms with Crippen LogP contribution in [0.2, 0.25) is 0 Å². The number of benzene rings is 1. The molecule has 2 aliphatic rings. The minimum absolute atomic E-state index is 0.241.